The summed E-state index contributed by atoms with van der Waals surface area (Å²) in [5, 5.41) is 2.41. The van der Waals surface area contributed by atoms with Crippen LogP contribution in [-0.2, 0) is 0 Å². The monoisotopic (exact) mass is 378 g/mol. The molecule has 0 aliphatic carbocycles. The van der Waals surface area contributed by atoms with Gasteiger partial charge in [0, 0.05) is 31.2 Å². The molecule has 132 valence electrons. The topological polar surface area (TPSA) is 49.9 Å². The van der Waals surface area contributed by atoms with E-state index in [1.165, 1.54) is 18.4 Å². The van der Waals surface area contributed by atoms with E-state index in [0.717, 1.165) is 4.88 Å². The third-order valence-electron chi connectivity index (χ3n) is 4.21. The van der Waals surface area contributed by atoms with Crippen molar-refractivity contribution in [1.29, 1.82) is 0 Å². The van der Waals surface area contributed by atoms with Gasteiger partial charge in [0.15, 0.2) is 5.78 Å². The van der Waals surface area contributed by atoms with Crippen molar-refractivity contribution in [3.05, 3.63) is 51.2 Å². The molecule has 0 bridgehead atoms. The third-order valence-corrected chi connectivity index (χ3v) is 5.36. The van der Waals surface area contributed by atoms with E-state index in [2.05, 4.69) is 4.90 Å². The van der Waals surface area contributed by atoms with E-state index in [1.54, 1.807) is 23.1 Å². The summed E-state index contributed by atoms with van der Waals surface area (Å²) in [6.07, 6.45) is 0. The van der Waals surface area contributed by atoms with Crippen molar-refractivity contribution >= 4 is 34.6 Å². The maximum absolute atomic E-state index is 12.8. The van der Waals surface area contributed by atoms with Crippen LogP contribution in [0.4, 0.5) is 0 Å². The van der Waals surface area contributed by atoms with Crippen LogP contribution in [0, 0.1) is 0 Å². The highest BCUT2D eigenvalue weighted by Crippen LogP contribution is 2.24. The molecule has 1 aliphatic rings. The third kappa shape index (κ3) is 4.21. The Morgan fingerprint density at radius 3 is 2.60 bits per heavy atom. The van der Waals surface area contributed by atoms with Gasteiger partial charge < -0.3 is 9.64 Å². The van der Waals surface area contributed by atoms with Gasteiger partial charge in [-0.15, -0.1) is 11.3 Å². The van der Waals surface area contributed by atoms with Crippen molar-refractivity contribution in [2.75, 3.05) is 39.8 Å². The van der Waals surface area contributed by atoms with Gasteiger partial charge in [-0.05, 0) is 29.6 Å². The second kappa shape index (κ2) is 7.99. The number of Topliss-reactive ketones (excluding diaryl/α,β-unsaturated/α-hetero) is 1. The summed E-state index contributed by atoms with van der Waals surface area (Å²) in [7, 11) is 1.54. The Hall–Kier alpha value is -1.89. The Balaban J connectivity index is 1.59. The van der Waals surface area contributed by atoms with Crippen molar-refractivity contribution in [3.8, 4) is 5.75 Å². The van der Waals surface area contributed by atoms with Crippen molar-refractivity contribution in [3.63, 3.8) is 0 Å². The second-order valence-electron chi connectivity index (χ2n) is 5.81. The number of rotatable bonds is 5. The van der Waals surface area contributed by atoms with Crippen LogP contribution in [0.3, 0.4) is 0 Å². The summed E-state index contributed by atoms with van der Waals surface area (Å²) in [5.74, 6) is 0.555. The average molecular weight is 379 g/mol. The first kappa shape index (κ1) is 17.9. The summed E-state index contributed by atoms with van der Waals surface area (Å²) in [6.45, 7) is 2.89. The van der Waals surface area contributed by atoms with E-state index >= 15 is 0 Å². The Bertz CT molecular complexity index is 756. The minimum atomic E-state index is -0.0939. The van der Waals surface area contributed by atoms with Crippen molar-refractivity contribution < 1.29 is 14.3 Å². The SMILES string of the molecule is COc1ccc(Cl)cc1C(=O)N1CCN(CC(=O)c2cccs2)CC1. The van der Waals surface area contributed by atoms with Gasteiger partial charge in [0.25, 0.3) is 5.91 Å². The van der Waals surface area contributed by atoms with Gasteiger partial charge in [-0.25, -0.2) is 0 Å². The summed E-state index contributed by atoms with van der Waals surface area (Å²) in [6, 6.07) is 8.76. The van der Waals surface area contributed by atoms with E-state index in [4.69, 9.17) is 16.3 Å². The number of piperazine rings is 1. The predicted molar refractivity (Wildman–Crippen MR) is 99.0 cm³/mol. The second-order valence-corrected chi connectivity index (χ2v) is 7.20. The highest BCUT2D eigenvalue weighted by molar-refractivity contribution is 7.12. The quantitative estimate of drug-likeness (QED) is 0.750. The van der Waals surface area contributed by atoms with Gasteiger partial charge in [-0.3, -0.25) is 14.5 Å². The molecule has 5 nitrogen and oxygen atoms in total. The zero-order valence-electron chi connectivity index (χ0n) is 13.9. The van der Waals surface area contributed by atoms with E-state index in [-0.39, 0.29) is 11.7 Å². The molecule has 1 fully saturated rings. The number of amides is 1. The molecule has 0 saturated carbocycles. The van der Waals surface area contributed by atoms with E-state index in [9.17, 15) is 9.59 Å². The van der Waals surface area contributed by atoms with Gasteiger partial charge in [0.2, 0.25) is 0 Å². The molecule has 1 aliphatic heterocycles. The molecule has 1 aromatic carbocycles. The van der Waals surface area contributed by atoms with Gasteiger partial charge in [-0.2, -0.15) is 0 Å². The number of ketones is 1. The van der Waals surface area contributed by atoms with E-state index < -0.39 is 0 Å². The molecule has 0 atom stereocenters. The van der Waals surface area contributed by atoms with Gasteiger partial charge in [0.05, 0.1) is 24.1 Å². The average Bonchev–Trinajstić information content (AvgIpc) is 3.16. The van der Waals surface area contributed by atoms with Crippen LogP contribution in [-0.4, -0.2) is 61.3 Å². The smallest absolute Gasteiger partial charge is 0.257 e. The number of benzene rings is 1. The number of carbonyl (C=O) groups is 2. The van der Waals surface area contributed by atoms with Crippen molar-refractivity contribution in [2.24, 2.45) is 0 Å². The molecule has 0 radical (unpaired) electrons. The first-order valence-electron chi connectivity index (χ1n) is 8.00. The fourth-order valence-corrected chi connectivity index (χ4v) is 3.67. The molecule has 0 unspecified atom stereocenters. The molecule has 2 aromatic rings. The lowest BCUT2D eigenvalue weighted by Gasteiger charge is -2.34. The summed E-state index contributed by atoms with van der Waals surface area (Å²) in [5.41, 5.74) is 0.470. The molecule has 25 heavy (non-hydrogen) atoms. The fourth-order valence-electron chi connectivity index (χ4n) is 2.84. The number of nitrogens with zero attached hydrogens (tertiary/aromatic N) is 2. The minimum Gasteiger partial charge on any atom is -0.496 e. The van der Waals surface area contributed by atoms with Crippen LogP contribution in [0.1, 0.15) is 20.0 Å². The maximum Gasteiger partial charge on any atom is 0.257 e. The molecule has 0 N–H and O–H groups in total. The Labute approximate surface area is 155 Å². The Morgan fingerprint density at radius 1 is 1.20 bits per heavy atom. The molecule has 0 spiro atoms. The van der Waals surface area contributed by atoms with Gasteiger partial charge in [-0.1, -0.05) is 17.7 Å². The highest BCUT2D eigenvalue weighted by Gasteiger charge is 2.25. The molecular weight excluding hydrogens is 360 g/mol. The van der Waals surface area contributed by atoms with Crippen LogP contribution in [0.15, 0.2) is 35.7 Å². The Kier molecular flexibility index (Phi) is 5.73. The van der Waals surface area contributed by atoms with E-state index in [1.807, 2.05) is 17.5 Å². The van der Waals surface area contributed by atoms with Crippen LogP contribution >= 0.6 is 22.9 Å². The number of halogens is 1. The van der Waals surface area contributed by atoms with Gasteiger partial charge >= 0.3 is 0 Å². The number of hydrogen-bond donors (Lipinski definition) is 0. The summed E-state index contributed by atoms with van der Waals surface area (Å²) in [4.78, 5) is 29.6. The lowest BCUT2D eigenvalue weighted by molar-refractivity contribution is 0.0622. The molecule has 1 saturated heterocycles. The normalized spacial score (nSPS) is 15.2. The zero-order valence-corrected chi connectivity index (χ0v) is 15.5. The number of ether oxygens (including phenoxy) is 1. The standard InChI is InChI=1S/C18H19ClN2O3S/c1-24-16-5-4-13(19)11-14(16)18(23)21-8-6-20(7-9-21)12-15(22)17-3-2-10-25-17/h2-5,10-11H,6-9,12H2,1H3. The molecule has 1 amide bonds. The van der Waals surface area contributed by atoms with Crippen molar-refractivity contribution in [2.45, 2.75) is 0 Å². The lowest BCUT2D eigenvalue weighted by atomic mass is 10.1. The van der Waals surface area contributed by atoms with Crippen LogP contribution in [0.5, 0.6) is 5.75 Å². The first-order chi connectivity index (χ1) is 12.1. The van der Waals surface area contributed by atoms with Crippen LogP contribution < -0.4 is 4.74 Å². The minimum absolute atomic E-state index is 0.0939. The molecule has 7 heteroatoms. The molecule has 3 rings (SSSR count). The number of methoxy groups -OCH3 is 1. The molecule has 2 heterocycles. The number of hydrogen-bond acceptors (Lipinski definition) is 5. The largest absolute Gasteiger partial charge is 0.496 e. The van der Waals surface area contributed by atoms with Crippen LogP contribution in [0.2, 0.25) is 5.02 Å². The highest BCUT2D eigenvalue weighted by atomic mass is 35.5. The summed E-state index contributed by atoms with van der Waals surface area (Å²) >= 11 is 7.48. The Morgan fingerprint density at radius 2 is 1.96 bits per heavy atom. The fraction of sp³-hybridized carbons (Fsp3) is 0.333. The summed E-state index contributed by atoms with van der Waals surface area (Å²) < 4.78 is 5.27. The van der Waals surface area contributed by atoms with Crippen molar-refractivity contribution in [1.82, 2.24) is 9.80 Å². The number of thiophene rings is 1. The van der Waals surface area contributed by atoms with E-state index in [0.29, 0.717) is 49.1 Å². The molecular formula is C18H19ClN2O3S. The first-order valence-corrected chi connectivity index (χ1v) is 9.26. The lowest BCUT2D eigenvalue weighted by Crippen LogP contribution is -2.49. The predicted octanol–water partition coefficient (Wildman–Crippen LogP) is 3.05. The van der Waals surface area contributed by atoms with Gasteiger partial charge in [0.1, 0.15) is 5.75 Å². The maximum atomic E-state index is 12.8. The molecule has 1 aromatic heterocycles. The number of carbonyl (C=O) groups excluding carboxylic acids is 2. The zero-order chi connectivity index (χ0) is 17.8. The van der Waals surface area contributed by atoms with Crippen LogP contribution in [0.25, 0.3) is 0 Å².